The molecule has 18 heavy (non-hydrogen) atoms. The second-order valence-corrected chi connectivity index (χ2v) is 5.95. The molecule has 1 aromatic rings. The van der Waals surface area contributed by atoms with Crippen LogP contribution in [0.3, 0.4) is 0 Å². The Morgan fingerprint density at radius 2 is 2.22 bits per heavy atom. The summed E-state index contributed by atoms with van der Waals surface area (Å²) in [4.78, 5) is 0. The van der Waals surface area contributed by atoms with Gasteiger partial charge in [0.15, 0.2) is 0 Å². The molecule has 0 bridgehead atoms. The van der Waals surface area contributed by atoms with Crippen molar-refractivity contribution in [2.45, 2.75) is 52.5 Å². The topological polar surface area (TPSA) is 21.3 Å². The minimum Gasteiger partial charge on any atom is -0.494 e. The van der Waals surface area contributed by atoms with Gasteiger partial charge >= 0.3 is 0 Å². The van der Waals surface area contributed by atoms with E-state index in [9.17, 15) is 0 Å². The molecule has 1 fully saturated rings. The molecule has 1 aromatic carbocycles. The predicted molar refractivity (Wildman–Crippen MR) is 77.3 cm³/mol. The third-order valence-electron chi connectivity index (χ3n) is 3.91. The van der Waals surface area contributed by atoms with E-state index in [2.05, 4.69) is 44.3 Å². The van der Waals surface area contributed by atoms with Crippen molar-refractivity contribution in [2.75, 3.05) is 11.9 Å². The fourth-order valence-corrected chi connectivity index (χ4v) is 2.69. The summed E-state index contributed by atoms with van der Waals surface area (Å²) < 4.78 is 5.67. The van der Waals surface area contributed by atoms with Crippen LogP contribution in [0.4, 0.5) is 5.69 Å². The first kappa shape index (κ1) is 13.3. The van der Waals surface area contributed by atoms with Gasteiger partial charge in [0.2, 0.25) is 0 Å². The molecular formula is C16H25NO. The van der Waals surface area contributed by atoms with Crippen LogP contribution in [0.1, 0.15) is 46.5 Å². The van der Waals surface area contributed by atoms with E-state index in [0.29, 0.717) is 11.5 Å². The van der Waals surface area contributed by atoms with Gasteiger partial charge in [-0.3, -0.25) is 0 Å². The van der Waals surface area contributed by atoms with E-state index in [1.54, 1.807) is 0 Å². The maximum atomic E-state index is 5.67. The Labute approximate surface area is 111 Å². The van der Waals surface area contributed by atoms with Crippen LogP contribution in [0.25, 0.3) is 0 Å². The van der Waals surface area contributed by atoms with Crippen molar-refractivity contribution in [1.29, 1.82) is 0 Å². The van der Waals surface area contributed by atoms with E-state index in [-0.39, 0.29) is 0 Å². The van der Waals surface area contributed by atoms with Gasteiger partial charge in [-0.1, -0.05) is 33.3 Å². The molecule has 0 saturated heterocycles. The highest BCUT2D eigenvalue weighted by Crippen LogP contribution is 2.39. The van der Waals surface area contributed by atoms with Crippen LogP contribution in [0, 0.1) is 5.41 Å². The molecule has 1 aliphatic carbocycles. The van der Waals surface area contributed by atoms with Crippen LogP contribution in [0.15, 0.2) is 24.3 Å². The van der Waals surface area contributed by atoms with Gasteiger partial charge in [-0.15, -0.1) is 0 Å². The Bertz CT molecular complexity index is 386. The molecule has 1 aliphatic rings. The maximum Gasteiger partial charge on any atom is 0.121 e. The van der Waals surface area contributed by atoms with Crippen molar-refractivity contribution in [3.8, 4) is 5.75 Å². The first-order chi connectivity index (χ1) is 8.62. The van der Waals surface area contributed by atoms with E-state index in [4.69, 9.17) is 4.74 Å². The first-order valence-corrected chi connectivity index (χ1v) is 7.11. The van der Waals surface area contributed by atoms with Crippen molar-refractivity contribution in [3.05, 3.63) is 24.3 Å². The molecule has 0 aliphatic heterocycles. The van der Waals surface area contributed by atoms with Gasteiger partial charge in [0.05, 0.1) is 6.61 Å². The number of anilines is 1. The van der Waals surface area contributed by atoms with Crippen molar-refractivity contribution in [2.24, 2.45) is 5.41 Å². The van der Waals surface area contributed by atoms with E-state index in [0.717, 1.165) is 18.8 Å². The van der Waals surface area contributed by atoms with Crippen LogP contribution >= 0.6 is 0 Å². The quantitative estimate of drug-likeness (QED) is 0.829. The van der Waals surface area contributed by atoms with Gasteiger partial charge in [0.1, 0.15) is 5.75 Å². The molecule has 0 spiro atoms. The summed E-state index contributed by atoms with van der Waals surface area (Å²) in [6, 6.07) is 8.92. The zero-order chi connectivity index (χ0) is 13.0. The van der Waals surface area contributed by atoms with E-state index in [1.807, 2.05) is 6.07 Å². The third-order valence-corrected chi connectivity index (χ3v) is 3.91. The fourth-order valence-electron chi connectivity index (χ4n) is 2.69. The molecule has 2 rings (SSSR count). The minimum absolute atomic E-state index is 0.403. The van der Waals surface area contributed by atoms with E-state index >= 15 is 0 Å². The number of hydrogen-bond acceptors (Lipinski definition) is 2. The molecule has 1 N–H and O–H groups in total. The lowest BCUT2D eigenvalue weighted by Crippen LogP contribution is -2.30. The van der Waals surface area contributed by atoms with Crippen LogP contribution in [0.2, 0.25) is 0 Å². The maximum absolute atomic E-state index is 5.67. The van der Waals surface area contributed by atoms with Gasteiger partial charge in [0.25, 0.3) is 0 Å². The zero-order valence-electron chi connectivity index (χ0n) is 11.8. The fraction of sp³-hybridized carbons (Fsp3) is 0.625. The molecule has 1 atom stereocenters. The summed E-state index contributed by atoms with van der Waals surface area (Å²) in [5.41, 5.74) is 1.59. The molecule has 100 valence electrons. The summed E-state index contributed by atoms with van der Waals surface area (Å²) in [7, 11) is 0. The van der Waals surface area contributed by atoms with Gasteiger partial charge in [0, 0.05) is 17.8 Å². The molecule has 2 heteroatoms. The molecule has 0 heterocycles. The van der Waals surface area contributed by atoms with Crippen LogP contribution in [0.5, 0.6) is 5.75 Å². The van der Waals surface area contributed by atoms with Crippen LogP contribution < -0.4 is 10.1 Å². The standard InChI is InChI=1S/C16H25NO/c1-4-11-18-14-8-5-7-13(12-14)17-15-9-6-10-16(15,2)3/h5,7-8,12,15,17H,4,6,9-11H2,1-3H3. The van der Waals surface area contributed by atoms with Gasteiger partial charge in [-0.05, 0) is 36.8 Å². The van der Waals surface area contributed by atoms with Crippen LogP contribution in [-0.2, 0) is 0 Å². The van der Waals surface area contributed by atoms with Gasteiger partial charge < -0.3 is 10.1 Å². The summed E-state index contributed by atoms with van der Waals surface area (Å²) in [6.07, 6.45) is 4.97. The Kier molecular flexibility index (Phi) is 4.15. The second-order valence-electron chi connectivity index (χ2n) is 5.95. The lowest BCUT2D eigenvalue weighted by molar-refractivity contribution is 0.317. The highest BCUT2D eigenvalue weighted by molar-refractivity contribution is 5.49. The number of benzene rings is 1. The molecule has 0 aromatic heterocycles. The Morgan fingerprint density at radius 1 is 1.39 bits per heavy atom. The lowest BCUT2D eigenvalue weighted by Gasteiger charge is -2.28. The smallest absolute Gasteiger partial charge is 0.121 e. The van der Waals surface area contributed by atoms with E-state index in [1.165, 1.54) is 24.9 Å². The average Bonchev–Trinajstić information content (AvgIpc) is 2.67. The first-order valence-electron chi connectivity index (χ1n) is 7.11. The van der Waals surface area contributed by atoms with Crippen molar-refractivity contribution in [3.63, 3.8) is 0 Å². The monoisotopic (exact) mass is 247 g/mol. The lowest BCUT2D eigenvalue weighted by atomic mass is 9.87. The van der Waals surface area contributed by atoms with E-state index < -0.39 is 0 Å². The second kappa shape index (κ2) is 5.64. The molecule has 0 radical (unpaired) electrons. The Morgan fingerprint density at radius 3 is 2.89 bits per heavy atom. The minimum atomic E-state index is 0.403. The summed E-state index contributed by atoms with van der Waals surface area (Å²) in [5.74, 6) is 0.970. The number of rotatable bonds is 5. The zero-order valence-corrected chi connectivity index (χ0v) is 11.8. The predicted octanol–water partition coefficient (Wildman–Crippen LogP) is 4.47. The molecule has 0 amide bonds. The highest BCUT2D eigenvalue weighted by Gasteiger charge is 2.34. The molecular weight excluding hydrogens is 222 g/mol. The Hall–Kier alpha value is -1.18. The SMILES string of the molecule is CCCOc1cccc(NC2CCCC2(C)C)c1. The Balaban J connectivity index is 2.00. The number of nitrogens with one attached hydrogen (secondary N) is 1. The average molecular weight is 247 g/mol. The largest absolute Gasteiger partial charge is 0.494 e. The molecule has 2 nitrogen and oxygen atoms in total. The van der Waals surface area contributed by atoms with Crippen LogP contribution in [-0.4, -0.2) is 12.6 Å². The normalized spacial score (nSPS) is 21.8. The summed E-state index contributed by atoms with van der Waals surface area (Å²) in [5, 5.41) is 3.67. The molecule has 1 saturated carbocycles. The highest BCUT2D eigenvalue weighted by atomic mass is 16.5. The number of hydrogen-bond donors (Lipinski definition) is 1. The third kappa shape index (κ3) is 3.18. The van der Waals surface area contributed by atoms with Crippen molar-refractivity contribution < 1.29 is 4.74 Å². The summed E-state index contributed by atoms with van der Waals surface area (Å²) >= 11 is 0. The molecule has 1 unspecified atom stereocenters. The van der Waals surface area contributed by atoms with Crippen molar-refractivity contribution in [1.82, 2.24) is 0 Å². The van der Waals surface area contributed by atoms with Crippen molar-refractivity contribution >= 4 is 5.69 Å². The van der Waals surface area contributed by atoms with Gasteiger partial charge in [-0.2, -0.15) is 0 Å². The van der Waals surface area contributed by atoms with Gasteiger partial charge in [-0.25, -0.2) is 0 Å². The number of ether oxygens (including phenoxy) is 1. The summed E-state index contributed by atoms with van der Waals surface area (Å²) in [6.45, 7) is 7.63.